The number of carbonyl (C=O) groups excluding carboxylic acids is 1. The zero-order valence-electron chi connectivity index (χ0n) is 12.6. The Morgan fingerprint density at radius 2 is 2.00 bits per heavy atom. The van der Waals surface area contributed by atoms with Gasteiger partial charge in [0.25, 0.3) is 0 Å². The molecule has 2 aromatic rings. The van der Waals surface area contributed by atoms with Gasteiger partial charge in [0.2, 0.25) is 0 Å². The van der Waals surface area contributed by atoms with Crippen LogP contribution in [-0.2, 0) is 11.2 Å². The minimum absolute atomic E-state index is 0.147. The Balaban J connectivity index is 1.73. The van der Waals surface area contributed by atoms with E-state index in [0.717, 1.165) is 30.0 Å². The van der Waals surface area contributed by atoms with E-state index in [4.69, 9.17) is 0 Å². The van der Waals surface area contributed by atoms with Crippen LogP contribution in [0.25, 0.3) is 0 Å². The topological polar surface area (TPSA) is 30.0 Å². The zero-order valence-corrected chi connectivity index (χ0v) is 13.5. The maximum atomic E-state index is 12.2. The smallest absolute Gasteiger partial charge is 0.136 e. The quantitative estimate of drug-likeness (QED) is 0.837. The van der Waals surface area contributed by atoms with E-state index in [1.54, 1.807) is 11.3 Å². The van der Waals surface area contributed by atoms with Gasteiger partial charge >= 0.3 is 0 Å². The summed E-state index contributed by atoms with van der Waals surface area (Å²) in [6, 6.07) is 10.6. The van der Waals surface area contributed by atoms with Crippen molar-refractivity contribution in [2.24, 2.45) is 5.92 Å². The van der Waals surface area contributed by atoms with E-state index in [2.05, 4.69) is 42.2 Å². The fourth-order valence-corrected chi connectivity index (χ4v) is 4.19. The molecule has 1 heterocycles. The van der Waals surface area contributed by atoms with Gasteiger partial charge in [0, 0.05) is 23.6 Å². The lowest BCUT2D eigenvalue weighted by atomic mass is 9.76. The first-order valence-corrected chi connectivity index (χ1v) is 8.45. The third kappa shape index (κ3) is 3.24. The number of thiazole rings is 1. The highest BCUT2D eigenvalue weighted by atomic mass is 32.1. The predicted octanol–water partition coefficient (Wildman–Crippen LogP) is 4.46. The van der Waals surface area contributed by atoms with E-state index in [9.17, 15) is 4.79 Å². The Bertz CT molecular complexity index is 612. The fourth-order valence-electron chi connectivity index (χ4n) is 3.18. The van der Waals surface area contributed by atoms with E-state index in [0.29, 0.717) is 18.1 Å². The maximum absolute atomic E-state index is 12.2. The average Bonchev–Trinajstić information content (AvgIpc) is 2.80. The normalized spacial score (nSPS) is 22.5. The Labute approximate surface area is 130 Å². The fraction of sp³-hybridized carbons (Fsp3) is 0.444. The number of hydrogen-bond acceptors (Lipinski definition) is 3. The summed E-state index contributed by atoms with van der Waals surface area (Å²) in [5.41, 5.74) is 2.49. The van der Waals surface area contributed by atoms with Crippen molar-refractivity contribution in [3.05, 3.63) is 51.5 Å². The van der Waals surface area contributed by atoms with E-state index < -0.39 is 0 Å². The van der Waals surface area contributed by atoms with Crippen molar-refractivity contribution in [3.63, 3.8) is 0 Å². The molecule has 3 heteroatoms. The van der Waals surface area contributed by atoms with Crippen LogP contribution in [0, 0.1) is 19.8 Å². The number of aromatic nitrogens is 1. The molecule has 0 saturated heterocycles. The zero-order chi connectivity index (χ0) is 14.8. The summed E-state index contributed by atoms with van der Waals surface area (Å²) in [5, 5.41) is 1.12. The van der Waals surface area contributed by atoms with Crippen LogP contribution in [0.4, 0.5) is 0 Å². The molecule has 1 saturated carbocycles. The minimum atomic E-state index is 0.147. The molecule has 2 unspecified atom stereocenters. The molecule has 0 aliphatic heterocycles. The van der Waals surface area contributed by atoms with Crippen molar-refractivity contribution < 1.29 is 4.79 Å². The number of nitrogens with zero attached hydrogens (tertiary/aromatic N) is 1. The van der Waals surface area contributed by atoms with Crippen LogP contribution in [0.5, 0.6) is 0 Å². The number of hydrogen-bond donors (Lipinski definition) is 0. The summed E-state index contributed by atoms with van der Waals surface area (Å²) in [5.74, 6) is 1.10. The second kappa shape index (κ2) is 6.10. The molecular weight excluding hydrogens is 278 g/mol. The second-order valence-corrected chi connectivity index (χ2v) is 7.29. The van der Waals surface area contributed by atoms with E-state index in [-0.39, 0.29) is 5.92 Å². The molecule has 110 valence electrons. The van der Waals surface area contributed by atoms with Crippen LogP contribution in [0.15, 0.2) is 30.3 Å². The summed E-state index contributed by atoms with van der Waals surface area (Å²) in [6.07, 6.45) is 3.50. The highest BCUT2D eigenvalue weighted by molar-refractivity contribution is 7.11. The van der Waals surface area contributed by atoms with Gasteiger partial charge in [-0.15, -0.1) is 11.3 Å². The van der Waals surface area contributed by atoms with Crippen LogP contribution in [0.3, 0.4) is 0 Å². The molecular formula is C18H21NOS. The summed E-state index contributed by atoms with van der Waals surface area (Å²) < 4.78 is 0. The molecule has 1 fully saturated rings. The van der Waals surface area contributed by atoms with Crippen molar-refractivity contribution >= 4 is 17.1 Å². The first-order chi connectivity index (χ1) is 10.1. The highest BCUT2D eigenvalue weighted by Crippen LogP contribution is 2.36. The first-order valence-electron chi connectivity index (χ1n) is 7.64. The maximum Gasteiger partial charge on any atom is 0.136 e. The molecule has 21 heavy (non-hydrogen) atoms. The van der Waals surface area contributed by atoms with Gasteiger partial charge in [-0.05, 0) is 38.2 Å². The van der Waals surface area contributed by atoms with Crippen LogP contribution in [0.2, 0.25) is 0 Å². The molecule has 0 radical (unpaired) electrons. The largest absolute Gasteiger partial charge is 0.299 e. The summed E-state index contributed by atoms with van der Waals surface area (Å²) in [6.45, 7) is 4.15. The van der Waals surface area contributed by atoms with Crippen molar-refractivity contribution in [1.29, 1.82) is 0 Å². The summed E-state index contributed by atoms with van der Waals surface area (Å²) in [4.78, 5) is 18.1. The molecule has 3 rings (SSSR count). The number of Topliss-reactive ketones (excluding diaryl/α,β-unsaturated/α-hetero) is 1. The lowest BCUT2D eigenvalue weighted by molar-refractivity contribution is -0.124. The molecule has 2 nitrogen and oxygen atoms in total. The Morgan fingerprint density at radius 1 is 1.24 bits per heavy atom. The van der Waals surface area contributed by atoms with Gasteiger partial charge in [0.05, 0.1) is 10.7 Å². The molecule has 0 bridgehead atoms. The van der Waals surface area contributed by atoms with Gasteiger partial charge in [-0.25, -0.2) is 4.98 Å². The van der Waals surface area contributed by atoms with Crippen molar-refractivity contribution in [3.8, 4) is 0 Å². The minimum Gasteiger partial charge on any atom is -0.299 e. The SMILES string of the molecule is Cc1nc(CC2CC(c3ccccc3)CCC2=O)sc1C. The van der Waals surface area contributed by atoms with Gasteiger partial charge in [-0.3, -0.25) is 4.79 Å². The number of ketones is 1. The Kier molecular flexibility index (Phi) is 4.20. The van der Waals surface area contributed by atoms with E-state index >= 15 is 0 Å². The van der Waals surface area contributed by atoms with Gasteiger partial charge in [-0.2, -0.15) is 0 Å². The monoisotopic (exact) mass is 299 g/mol. The van der Waals surface area contributed by atoms with Gasteiger partial charge in [-0.1, -0.05) is 30.3 Å². The predicted molar refractivity (Wildman–Crippen MR) is 86.8 cm³/mol. The molecule has 0 amide bonds. The average molecular weight is 299 g/mol. The van der Waals surface area contributed by atoms with Crippen molar-refractivity contribution in [2.45, 2.75) is 45.4 Å². The lowest BCUT2D eigenvalue weighted by Gasteiger charge is -2.28. The van der Waals surface area contributed by atoms with Crippen LogP contribution >= 0.6 is 11.3 Å². The molecule has 1 aliphatic carbocycles. The van der Waals surface area contributed by atoms with Crippen LogP contribution in [-0.4, -0.2) is 10.8 Å². The standard InChI is InChI=1S/C18H21NOS/c1-12-13(2)21-18(19-12)11-16-10-15(8-9-17(16)20)14-6-4-3-5-7-14/h3-7,15-16H,8-11H2,1-2H3. The highest BCUT2D eigenvalue weighted by Gasteiger charge is 2.30. The van der Waals surface area contributed by atoms with Gasteiger partial charge < -0.3 is 0 Å². The van der Waals surface area contributed by atoms with E-state index in [1.807, 2.05) is 6.92 Å². The summed E-state index contributed by atoms with van der Waals surface area (Å²) in [7, 11) is 0. The number of aryl methyl sites for hydroxylation is 2. The van der Waals surface area contributed by atoms with E-state index in [1.165, 1.54) is 10.4 Å². The second-order valence-electron chi connectivity index (χ2n) is 6.00. The van der Waals surface area contributed by atoms with Crippen molar-refractivity contribution in [2.75, 3.05) is 0 Å². The number of rotatable bonds is 3. The third-order valence-corrected chi connectivity index (χ3v) is 5.62. The molecule has 2 atom stereocenters. The Morgan fingerprint density at radius 3 is 2.67 bits per heavy atom. The number of carbonyl (C=O) groups is 1. The molecule has 0 N–H and O–H groups in total. The lowest BCUT2D eigenvalue weighted by Crippen LogP contribution is -2.25. The van der Waals surface area contributed by atoms with Gasteiger partial charge in [0.15, 0.2) is 0 Å². The van der Waals surface area contributed by atoms with Crippen LogP contribution in [0.1, 0.15) is 46.3 Å². The van der Waals surface area contributed by atoms with Crippen molar-refractivity contribution in [1.82, 2.24) is 4.98 Å². The first kappa shape index (κ1) is 14.5. The Hall–Kier alpha value is -1.48. The molecule has 1 aromatic carbocycles. The molecule has 1 aliphatic rings. The molecule has 1 aromatic heterocycles. The third-order valence-electron chi connectivity index (χ3n) is 4.53. The summed E-state index contributed by atoms with van der Waals surface area (Å²) >= 11 is 1.74. The van der Waals surface area contributed by atoms with Crippen LogP contribution < -0.4 is 0 Å². The number of benzene rings is 1. The van der Waals surface area contributed by atoms with Gasteiger partial charge in [0.1, 0.15) is 5.78 Å². The molecule has 0 spiro atoms.